The zero-order valence-electron chi connectivity index (χ0n) is 12.2. The van der Waals surface area contributed by atoms with Crippen molar-refractivity contribution in [1.82, 2.24) is 14.8 Å². The van der Waals surface area contributed by atoms with Crippen molar-refractivity contribution in [1.29, 1.82) is 0 Å². The van der Waals surface area contributed by atoms with Crippen LogP contribution in [0.4, 0.5) is 0 Å². The molecule has 5 nitrogen and oxygen atoms in total. The van der Waals surface area contributed by atoms with Crippen LogP contribution >= 0.6 is 11.8 Å². The molecule has 0 saturated carbocycles. The van der Waals surface area contributed by atoms with E-state index in [4.69, 9.17) is 5.11 Å². The molecular formula is C15H19N3O2S. The Bertz CT molecular complexity index is 598. The highest BCUT2D eigenvalue weighted by molar-refractivity contribution is 7.99. The molecule has 0 spiro atoms. The van der Waals surface area contributed by atoms with Crippen molar-refractivity contribution in [2.75, 3.05) is 5.75 Å². The minimum Gasteiger partial charge on any atom is -0.481 e. The van der Waals surface area contributed by atoms with E-state index in [-0.39, 0.29) is 5.75 Å². The number of para-hydroxylation sites is 1. The quantitative estimate of drug-likeness (QED) is 0.796. The minimum absolute atomic E-state index is 0.0195. The van der Waals surface area contributed by atoms with Gasteiger partial charge in [0.15, 0.2) is 5.16 Å². The summed E-state index contributed by atoms with van der Waals surface area (Å²) in [6.07, 6.45) is 1.89. The molecule has 2 aromatic rings. The largest absolute Gasteiger partial charge is 0.481 e. The second-order valence-corrected chi connectivity index (χ2v) is 5.91. The van der Waals surface area contributed by atoms with Gasteiger partial charge in [0, 0.05) is 12.1 Å². The molecule has 1 heterocycles. The Balaban J connectivity index is 2.35. The molecule has 0 saturated heterocycles. The number of hydrogen-bond acceptors (Lipinski definition) is 4. The van der Waals surface area contributed by atoms with E-state index in [1.54, 1.807) is 0 Å². The second-order valence-electron chi connectivity index (χ2n) is 4.97. The van der Waals surface area contributed by atoms with Crippen molar-refractivity contribution in [3.05, 3.63) is 36.2 Å². The Kier molecular flexibility index (Phi) is 5.38. The van der Waals surface area contributed by atoms with Crippen LogP contribution in [0.15, 0.2) is 35.5 Å². The van der Waals surface area contributed by atoms with E-state index in [2.05, 4.69) is 24.0 Å². The van der Waals surface area contributed by atoms with Crippen LogP contribution in [0.25, 0.3) is 5.69 Å². The van der Waals surface area contributed by atoms with Crippen molar-refractivity contribution in [2.24, 2.45) is 5.92 Å². The van der Waals surface area contributed by atoms with Crippen LogP contribution in [0.5, 0.6) is 0 Å². The summed E-state index contributed by atoms with van der Waals surface area (Å²) in [4.78, 5) is 10.8. The van der Waals surface area contributed by atoms with Crippen molar-refractivity contribution in [3.8, 4) is 5.69 Å². The molecular weight excluding hydrogens is 286 g/mol. The highest BCUT2D eigenvalue weighted by Crippen LogP contribution is 2.23. The number of aromatic nitrogens is 3. The molecule has 0 amide bonds. The molecule has 0 aliphatic heterocycles. The fourth-order valence-electron chi connectivity index (χ4n) is 1.94. The minimum atomic E-state index is -0.855. The molecule has 0 bridgehead atoms. The van der Waals surface area contributed by atoms with Gasteiger partial charge in [-0.2, -0.15) is 0 Å². The lowest BCUT2D eigenvalue weighted by atomic mass is 10.1. The summed E-state index contributed by atoms with van der Waals surface area (Å²) < 4.78 is 1.96. The number of hydrogen-bond donors (Lipinski definition) is 1. The van der Waals surface area contributed by atoms with Gasteiger partial charge in [0.25, 0.3) is 0 Å². The van der Waals surface area contributed by atoms with Crippen LogP contribution in [-0.4, -0.2) is 31.6 Å². The van der Waals surface area contributed by atoms with Gasteiger partial charge in [0.1, 0.15) is 5.82 Å². The highest BCUT2D eigenvalue weighted by Gasteiger charge is 2.16. The number of aliphatic carboxylic acids is 1. The third-order valence-electron chi connectivity index (χ3n) is 3.27. The van der Waals surface area contributed by atoms with Crippen LogP contribution in [-0.2, 0) is 11.2 Å². The van der Waals surface area contributed by atoms with E-state index in [1.165, 1.54) is 11.8 Å². The van der Waals surface area contributed by atoms with Crippen molar-refractivity contribution in [3.63, 3.8) is 0 Å². The topological polar surface area (TPSA) is 68.0 Å². The Labute approximate surface area is 128 Å². The molecule has 21 heavy (non-hydrogen) atoms. The fraction of sp³-hybridized carbons (Fsp3) is 0.400. The van der Waals surface area contributed by atoms with E-state index in [1.807, 2.05) is 34.9 Å². The van der Waals surface area contributed by atoms with Gasteiger partial charge < -0.3 is 5.11 Å². The van der Waals surface area contributed by atoms with Crippen molar-refractivity contribution in [2.45, 2.75) is 31.8 Å². The normalized spacial score (nSPS) is 12.3. The van der Waals surface area contributed by atoms with E-state index >= 15 is 0 Å². The summed E-state index contributed by atoms with van der Waals surface area (Å²) in [5.74, 6) is 0.511. The van der Waals surface area contributed by atoms with Gasteiger partial charge in [-0.1, -0.05) is 50.2 Å². The lowest BCUT2D eigenvalue weighted by Crippen LogP contribution is -2.08. The molecule has 1 N–H and O–H groups in total. The number of thioether (sulfide) groups is 1. The first-order chi connectivity index (χ1) is 10.1. The van der Waals surface area contributed by atoms with Crippen LogP contribution < -0.4 is 0 Å². The zero-order valence-corrected chi connectivity index (χ0v) is 13.0. The highest BCUT2D eigenvalue weighted by atomic mass is 32.2. The third kappa shape index (κ3) is 4.07. The molecule has 1 aromatic heterocycles. The summed E-state index contributed by atoms with van der Waals surface area (Å²) in [6, 6.07) is 9.82. The lowest BCUT2D eigenvalue weighted by Gasteiger charge is -2.12. The number of carbonyl (C=O) groups is 1. The number of carboxylic acid groups (broad SMARTS) is 1. The Hall–Kier alpha value is -1.82. The van der Waals surface area contributed by atoms with Gasteiger partial charge in [-0.15, -0.1) is 10.2 Å². The maximum absolute atomic E-state index is 10.8. The Morgan fingerprint density at radius 3 is 2.67 bits per heavy atom. The Morgan fingerprint density at radius 2 is 2.05 bits per heavy atom. The molecule has 112 valence electrons. The van der Waals surface area contributed by atoms with Crippen LogP contribution in [0.1, 0.15) is 26.1 Å². The summed E-state index contributed by atoms with van der Waals surface area (Å²) in [5.41, 5.74) is 0.966. The standard InChI is InChI=1S/C15H19N3O2S/c1-3-11(2)9-13-16-17-15(21-10-14(19)20)18(13)12-7-5-4-6-8-12/h4-8,11H,3,9-10H2,1-2H3,(H,19,20). The molecule has 0 radical (unpaired) electrons. The Morgan fingerprint density at radius 1 is 1.33 bits per heavy atom. The van der Waals surface area contributed by atoms with E-state index in [0.29, 0.717) is 11.1 Å². The maximum Gasteiger partial charge on any atom is 0.313 e. The summed E-state index contributed by atoms with van der Waals surface area (Å²) in [6.45, 7) is 4.32. The predicted molar refractivity (Wildman–Crippen MR) is 82.9 cm³/mol. The third-order valence-corrected chi connectivity index (χ3v) is 4.18. The monoisotopic (exact) mass is 305 g/mol. The first kappa shape index (κ1) is 15.6. The van der Waals surface area contributed by atoms with E-state index in [9.17, 15) is 4.79 Å². The lowest BCUT2D eigenvalue weighted by molar-refractivity contribution is -0.133. The number of rotatable bonds is 7. The first-order valence-electron chi connectivity index (χ1n) is 6.96. The number of benzene rings is 1. The summed E-state index contributed by atoms with van der Waals surface area (Å²) in [7, 11) is 0. The molecule has 0 fully saturated rings. The second kappa shape index (κ2) is 7.26. The van der Waals surface area contributed by atoms with Gasteiger partial charge in [-0.05, 0) is 18.1 Å². The number of nitrogens with zero attached hydrogens (tertiary/aromatic N) is 3. The van der Waals surface area contributed by atoms with Crippen molar-refractivity contribution < 1.29 is 9.90 Å². The predicted octanol–water partition coefficient (Wildman–Crippen LogP) is 3.03. The zero-order chi connectivity index (χ0) is 15.2. The molecule has 1 unspecified atom stereocenters. The molecule has 1 aromatic carbocycles. The van der Waals surface area contributed by atoms with Gasteiger partial charge in [-0.3, -0.25) is 9.36 Å². The van der Waals surface area contributed by atoms with Crippen LogP contribution in [0.2, 0.25) is 0 Å². The van der Waals surface area contributed by atoms with Crippen LogP contribution in [0, 0.1) is 5.92 Å². The van der Waals surface area contributed by atoms with E-state index in [0.717, 1.165) is 24.4 Å². The molecule has 2 rings (SSSR count). The van der Waals surface area contributed by atoms with Gasteiger partial charge >= 0.3 is 5.97 Å². The number of carboxylic acids is 1. The van der Waals surface area contributed by atoms with Gasteiger partial charge in [-0.25, -0.2) is 0 Å². The average molecular weight is 305 g/mol. The maximum atomic E-state index is 10.8. The summed E-state index contributed by atoms with van der Waals surface area (Å²) in [5, 5.41) is 17.9. The molecule has 6 heteroatoms. The van der Waals surface area contributed by atoms with Crippen LogP contribution in [0.3, 0.4) is 0 Å². The molecule has 0 aliphatic carbocycles. The molecule has 0 aliphatic rings. The van der Waals surface area contributed by atoms with E-state index < -0.39 is 5.97 Å². The van der Waals surface area contributed by atoms with Gasteiger partial charge in [0.05, 0.1) is 5.75 Å². The first-order valence-corrected chi connectivity index (χ1v) is 7.94. The fourth-order valence-corrected chi connectivity index (χ4v) is 2.64. The van der Waals surface area contributed by atoms with Crippen molar-refractivity contribution >= 4 is 17.7 Å². The molecule has 1 atom stereocenters. The average Bonchev–Trinajstić information content (AvgIpc) is 2.88. The van der Waals surface area contributed by atoms with Gasteiger partial charge in [0.2, 0.25) is 0 Å². The smallest absolute Gasteiger partial charge is 0.313 e. The summed E-state index contributed by atoms with van der Waals surface area (Å²) >= 11 is 1.20. The SMILES string of the molecule is CCC(C)Cc1nnc(SCC(=O)O)n1-c1ccccc1.